The Morgan fingerprint density at radius 3 is 2.46 bits per heavy atom. The molecule has 1 rings (SSSR count). The third kappa shape index (κ3) is 3.27. The van der Waals surface area contributed by atoms with E-state index in [0.717, 1.165) is 32.1 Å². The molecule has 0 aliphatic heterocycles. The van der Waals surface area contributed by atoms with Gasteiger partial charge in [0.05, 0.1) is 5.25 Å². The summed E-state index contributed by atoms with van der Waals surface area (Å²) in [4.78, 5) is 0. The minimum absolute atomic E-state index is 0.274. The van der Waals surface area contributed by atoms with E-state index in [4.69, 9.17) is 5.14 Å². The van der Waals surface area contributed by atoms with E-state index in [1.165, 1.54) is 6.42 Å². The molecule has 0 aromatic rings. The first-order chi connectivity index (χ1) is 6.04. The molecule has 0 amide bonds. The number of sulfonamides is 1. The van der Waals surface area contributed by atoms with Crippen LogP contribution < -0.4 is 5.14 Å². The second-order valence-corrected chi connectivity index (χ2v) is 5.84. The Morgan fingerprint density at radius 1 is 1.23 bits per heavy atom. The summed E-state index contributed by atoms with van der Waals surface area (Å²) in [6, 6.07) is 0. The molecular formula is C9H19NO2S. The van der Waals surface area contributed by atoms with Crippen LogP contribution >= 0.6 is 0 Å². The van der Waals surface area contributed by atoms with E-state index in [1.807, 2.05) is 0 Å². The zero-order valence-electron chi connectivity index (χ0n) is 8.20. The Balaban J connectivity index is 2.55. The summed E-state index contributed by atoms with van der Waals surface area (Å²) < 4.78 is 22.2. The van der Waals surface area contributed by atoms with Gasteiger partial charge in [0.2, 0.25) is 10.0 Å². The zero-order chi connectivity index (χ0) is 9.90. The summed E-state index contributed by atoms with van der Waals surface area (Å²) in [5.41, 5.74) is 0. The molecule has 1 fully saturated rings. The predicted molar refractivity (Wildman–Crippen MR) is 53.8 cm³/mol. The molecule has 1 saturated carbocycles. The third-order valence-electron chi connectivity index (χ3n) is 3.08. The maximum atomic E-state index is 11.1. The Labute approximate surface area is 80.8 Å². The van der Waals surface area contributed by atoms with Crippen molar-refractivity contribution in [3.8, 4) is 0 Å². The van der Waals surface area contributed by atoms with Crippen molar-refractivity contribution in [3.63, 3.8) is 0 Å². The number of hydrogen-bond donors (Lipinski definition) is 1. The van der Waals surface area contributed by atoms with Crippen LogP contribution in [0.25, 0.3) is 0 Å². The van der Waals surface area contributed by atoms with Gasteiger partial charge in [0.25, 0.3) is 0 Å². The van der Waals surface area contributed by atoms with Crippen LogP contribution in [0.2, 0.25) is 0 Å². The maximum Gasteiger partial charge on any atom is 0.211 e. The van der Waals surface area contributed by atoms with Gasteiger partial charge in [-0.3, -0.25) is 0 Å². The Bertz CT molecular complexity index is 248. The molecule has 0 heterocycles. The van der Waals surface area contributed by atoms with Crippen molar-refractivity contribution in [1.82, 2.24) is 0 Å². The van der Waals surface area contributed by atoms with E-state index in [2.05, 4.69) is 6.92 Å². The first kappa shape index (κ1) is 11.0. The van der Waals surface area contributed by atoms with Gasteiger partial charge in [0.15, 0.2) is 0 Å². The van der Waals surface area contributed by atoms with Crippen LogP contribution in [-0.2, 0) is 10.0 Å². The van der Waals surface area contributed by atoms with E-state index < -0.39 is 10.0 Å². The van der Waals surface area contributed by atoms with Crippen LogP contribution in [0.15, 0.2) is 0 Å². The highest BCUT2D eigenvalue weighted by atomic mass is 32.2. The van der Waals surface area contributed by atoms with Gasteiger partial charge in [-0.2, -0.15) is 0 Å². The highest BCUT2D eigenvalue weighted by Gasteiger charge is 2.25. The van der Waals surface area contributed by atoms with Gasteiger partial charge in [0, 0.05) is 0 Å². The smallest absolute Gasteiger partial charge is 0.211 e. The SMILES string of the molecule is CCC1CCCC(S(N)(=O)=O)CC1. The first-order valence-corrected chi connectivity index (χ1v) is 6.66. The fourth-order valence-electron chi connectivity index (χ4n) is 2.08. The molecule has 78 valence electrons. The predicted octanol–water partition coefficient (Wildman–Crippen LogP) is 1.63. The van der Waals surface area contributed by atoms with Crippen LogP contribution in [0.3, 0.4) is 0 Å². The zero-order valence-corrected chi connectivity index (χ0v) is 9.02. The largest absolute Gasteiger partial charge is 0.228 e. The Hall–Kier alpha value is -0.0900. The topological polar surface area (TPSA) is 60.2 Å². The van der Waals surface area contributed by atoms with Crippen molar-refractivity contribution in [1.29, 1.82) is 0 Å². The molecule has 2 N–H and O–H groups in total. The van der Waals surface area contributed by atoms with E-state index in [9.17, 15) is 8.42 Å². The fourth-order valence-corrected chi connectivity index (χ4v) is 3.04. The normalized spacial score (nSPS) is 31.2. The lowest BCUT2D eigenvalue weighted by atomic mass is 9.98. The second-order valence-electron chi connectivity index (χ2n) is 3.99. The standard InChI is InChI=1S/C9H19NO2S/c1-2-8-4-3-5-9(7-6-8)13(10,11)12/h8-9H,2-7H2,1H3,(H2,10,11,12). The van der Waals surface area contributed by atoms with Crippen LogP contribution in [0.4, 0.5) is 0 Å². The molecule has 0 aromatic heterocycles. The van der Waals surface area contributed by atoms with Crippen molar-refractivity contribution < 1.29 is 8.42 Å². The average molecular weight is 205 g/mol. The molecule has 1 aliphatic carbocycles. The maximum absolute atomic E-state index is 11.1. The number of rotatable bonds is 2. The van der Waals surface area contributed by atoms with Crippen molar-refractivity contribution >= 4 is 10.0 Å². The van der Waals surface area contributed by atoms with Crippen molar-refractivity contribution in [3.05, 3.63) is 0 Å². The average Bonchev–Trinajstić information content (AvgIpc) is 2.26. The molecular weight excluding hydrogens is 186 g/mol. The molecule has 0 spiro atoms. The van der Waals surface area contributed by atoms with Crippen LogP contribution in [0.1, 0.15) is 45.4 Å². The van der Waals surface area contributed by atoms with E-state index in [0.29, 0.717) is 5.92 Å². The highest BCUT2D eigenvalue weighted by molar-refractivity contribution is 7.89. The van der Waals surface area contributed by atoms with E-state index in [1.54, 1.807) is 0 Å². The van der Waals surface area contributed by atoms with Gasteiger partial charge in [-0.05, 0) is 25.2 Å². The number of primary sulfonamides is 1. The molecule has 3 nitrogen and oxygen atoms in total. The van der Waals surface area contributed by atoms with Gasteiger partial charge in [-0.15, -0.1) is 0 Å². The molecule has 0 saturated heterocycles. The molecule has 0 radical (unpaired) electrons. The lowest BCUT2D eigenvalue weighted by molar-refractivity contribution is 0.446. The summed E-state index contributed by atoms with van der Waals surface area (Å²) in [5.74, 6) is 0.715. The summed E-state index contributed by atoms with van der Waals surface area (Å²) in [6.45, 7) is 2.17. The molecule has 2 atom stereocenters. The molecule has 4 heteroatoms. The van der Waals surface area contributed by atoms with E-state index in [-0.39, 0.29) is 5.25 Å². The Kier molecular flexibility index (Phi) is 3.74. The van der Waals surface area contributed by atoms with Gasteiger partial charge in [-0.1, -0.05) is 26.2 Å². The van der Waals surface area contributed by atoms with Gasteiger partial charge in [-0.25, -0.2) is 13.6 Å². The minimum Gasteiger partial charge on any atom is -0.228 e. The Morgan fingerprint density at radius 2 is 1.92 bits per heavy atom. The van der Waals surface area contributed by atoms with Crippen LogP contribution in [-0.4, -0.2) is 13.7 Å². The molecule has 2 unspecified atom stereocenters. The van der Waals surface area contributed by atoms with Crippen molar-refractivity contribution in [2.24, 2.45) is 11.1 Å². The minimum atomic E-state index is -3.28. The van der Waals surface area contributed by atoms with Crippen LogP contribution in [0.5, 0.6) is 0 Å². The first-order valence-electron chi connectivity index (χ1n) is 5.05. The number of hydrogen-bond acceptors (Lipinski definition) is 2. The summed E-state index contributed by atoms with van der Waals surface area (Å²) >= 11 is 0. The van der Waals surface area contributed by atoms with Gasteiger partial charge in [0.1, 0.15) is 0 Å². The molecule has 0 bridgehead atoms. The molecule has 0 aromatic carbocycles. The second kappa shape index (κ2) is 4.42. The van der Waals surface area contributed by atoms with Crippen molar-refractivity contribution in [2.45, 2.75) is 50.7 Å². The van der Waals surface area contributed by atoms with Gasteiger partial charge < -0.3 is 0 Å². The van der Waals surface area contributed by atoms with E-state index >= 15 is 0 Å². The van der Waals surface area contributed by atoms with Crippen LogP contribution in [0, 0.1) is 5.92 Å². The molecule has 13 heavy (non-hydrogen) atoms. The monoisotopic (exact) mass is 205 g/mol. The lowest BCUT2D eigenvalue weighted by Crippen LogP contribution is -2.27. The van der Waals surface area contributed by atoms with Crippen molar-refractivity contribution in [2.75, 3.05) is 0 Å². The fraction of sp³-hybridized carbons (Fsp3) is 1.00. The number of nitrogens with two attached hydrogens (primary N) is 1. The van der Waals surface area contributed by atoms with Gasteiger partial charge >= 0.3 is 0 Å². The highest BCUT2D eigenvalue weighted by Crippen LogP contribution is 2.27. The third-order valence-corrected chi connectivity index (χ3v) is 4.48. The quantitative estimate of drug-likeness (QED) is 0.697. The summed E-state index contributed by atoms with van der Waals surface area (Å²) in [7, 11) is -3.28. The summed E-state index contributed by atoms with van der Waals surface area (Å²) in [6.07, 6.45) is 5.89. The lowest BCUT2D eigenvalue weighted by Gasteiger charge is -2.11. The summed E-state index contributed by atoms with van der Waals surface area (Å²) in [5, 5.41) is 4.86. The molecule has 1 aliphatic rings.